The van der Waals surface area contributed by atoms with Crippen LogP contribution in [0.4, 0.5) is 0 Å². The Labute approximate surface area is 177 Å². The maximum atomic E-state index is 12.8. The summed E-state index contributed by atoms with van der Waals surface area (Å²) in [4.78, 5) is 38.9. The lowest BCUT2D eigenvalue weighted by Crippen LogP contribution is -2.53. The van der Waals surface area contributed by atoms with Gasteiger partial charge in [-0.05, 0) is 37.5 Å². The van der Waals surface area contributed by atoms with Crippen LogP contribution in [0.2, 0.25) is 0 Å². The molecule has 6 nitrogen and oxygen atoms in total. The van der Waals surface area contributed by atoms with Gasteiger partial charge in [0, 0.05) is 38.0 Å². The van der Waals surface area contributed by atoms with Crippen LogP contribution in [0.3, 0.4) is 0 Å². The smallest absolute Gasteiger partial charge is 0.253 e. The van der Waals surface area contributed by atoms with Crippen molar-refractivity contribution in [1.82, 2.24) is 15.5 Å². The van der Waals surface area contributed by atoms with Gasteiger partial charge in [0.05, 0.1) is 0 Å². The lowest BCUT2D eigenvalue weighted by atomic mass is 10.0. The fourth-order valence-electron chi connectivity index (χ4n) is 3.71. The highest BCUT2D eigenvalue weighted by molar-refractivity contribution is 5.94. The Morgan fingerprint density at radius 2 is 1.63 bits per heavy atom. The molecule has 0 radical (unpaired) electrons. The van der Waals surface area contributed by atoms with Crippen molar-refractivity contribution in [2.45, 2.75) is 45.2 Å². The van der Waals surface area contributed by atoms with Crippen molar-refractivity contribution >= 4 is 17.7 Å². The van der Waals surface area contributed by atoms with Crippen LogP contribution in [0.5, 0.6) is 0 Å². The van der Waals surface area contributed by atoms with Crippen molar-refractivity contribution in [3.05, 3.63) is 71.3 Å². The summed E-state index contributed by atoms with van der Waals surface area (Å²) in [5.74, 6) is -0.389. The molecule has 1 saturated heterocycles. The first-order chi connectivity index (χ1) is 14.4. The second-order valence-corrected chi connectivity index (χ2v) is 7.88. The highest BCUT2D eigenvalue weighted by Crippen LogP contribution is 2.15. The number of likely N-dealkylation sites (tertiary alicyclic amines) is 1. The number of nitrogens with one attached hydrogen (secondary N) is 2. The van der Waals surface area contributed by atoms with Crippen LogP contribution in [0.25, 0.3) is 0 Å². The minimum atomic E-state index is -0.616. The van der Waals surface area contributed by atoms with Gasteiger partial charge in [0.2, 0.25) is 11.8 Å². The molecule has 3 rings (SSSR count). The molecule has 158 valence electrons. The summed E-state index contributed by atoms with van der Waals surface area (Å²) in [6.07, 6.45) is 1.83. The first-order valence-electron chi connectivity index (χ1n) is 10.4. The molecule has 1 aliphatic heterocycles. The predicted molar refractivity (Wildman–Crippen MR) is 116 cm³/mol. The standard InChI is InChI=1S/C24H29N3O3/c1-17-8-10-19(11-9-17)16-22(25-18(2)28)23(29)26-21-12-14-27(15-13-21)24(30)20-6-4-3-5-7-20/h3-11,21-22H,12-16H2,1-2H3,(H,25,28)(H,26,29). The molecule has 1 fully saturated rings. The second kappa shape index (κ2) is 10.1. The number of aryl methyl sites for hydroxylation is 1. The van der Waals surface area contributed by atoms with Gasteiger partial charge in [0.1, 0.15) is 6.04 Å². The Hall–Kier alpha value is -3.15. The van der Waals surface area contributed by atoms with E-state index in [1.807, 2.05) is 66.4 Å². The molecule has 1 aliphatic rings. The van der Waals surface area contributed by atoms with E-state index in [0.29, 0.717) is 37.9 Å². The minimum Gasteiger partial charge on any atom is -0.351 e. The molecular weight excluding hydrogens is 378 g/mol. The summed E-state index contributed by atoms with van der Waals surface area (Å²) in [7, 11) is 0. The molecule has 1 heterocycles. The van der Waals surface area contributed by atoms with Gasteiger partial charge in [-0.15, -0.1) is 0 Å². The Bertz CT molecular complexity index is 872. The molecule has 0 aromatic heterocycles. The fourth-order valence-corrected chi connectivity index (χ4v) is 3.71. The van der Waals surface area contributed by atoms with E-state index in [0.717, 1.165) is 11.1 Å². The van der Waals surface area contributed by atoms with Gasteiger partial charge in [-0.2, -0.15) is 0 Å². The average molecular weight is 408 g/mol. The van der Waals surface area contributed by atoms with E-state index in [1.165, 1.54) is 6.92 Å². The number of nitrogens with zero attached hydrogens (tertiary/aromatic N) is 1. The van der Waals surface area contributed by atoms with Crippen molar-refractivity contribution in [1.29, 1.82) is 0 Å². The Balaban J connectivity index is 1.55. The zero-order valence-electron chi connectivity index (χ0n) is 17.6. The molecule has 0 aliphatic carbocycles. The van der Waals surface area contributed by atoms with Crippen LogP contribution < -0.4 is 10.6 Å². The molecule has 1 unspecified atom stereocenters. The van der Waals surface area contributed by atoms with Crippen LogP contribution in [-0.4, -0.2) is 47.8 Å². The molecule has 2 N–H and O–H groups in total. The zero-order chi connectivity index (χ0) is 21.5. The zero-order valence-corrected chi connectivity index (χ0v) is 17.6. The third-order valence-electron chi connectivity index (χ3n) is 5.40. The van der Waals surface area contributed by atoms with Crippen LogP contribution in [0.1, 0.15) is 41.3 Å². The number of amides is 3. The largest absolute Gasteiger partial charge is 0.351 e. The van der Waals surface area contributed by atoms with E-state index in [4.69, 9.17) is 0 Å². The van der Waals surface area contributed by atoms with Crippen LogP contribution in [-0.2, 0) is 16.0 Å². The summed E-state index contributed by atoms with van der Waals surface area (Å²) in [6.45, 7) is 4.63. The number of rotatable bonds is 6. The van der Waals surface area contributed by atoms with E-state index in [9.17, 15) is 14.4 Å². The Morgan fingerprint density at radius 1 is 1.00 bits per heavy atom. The van der Waals surface area contributed by atoms with Gasteiger partial charge in [-0.1, -0.05) is 48.0 Å². The third-order valence-corrected chi connectivity index (χ3v) is 5.40. The summed E-state index contributed by atoms with van der Waals surface area (Å²) in [5.41, 5.74) is 2.83. The lowest BCUT2D eigenvalue weighted by molar-refractivity contribution is -0.128. The molecule has 3 amide bonds. The average Bonchev–Trinajstić information content (AvgIpc) is 2.75. The van der Waals surface area contributed by atoms with E-state index >= 15 is 0 Å². The highest BCUT2D eigenvalue weighted by atomic mass is 16.2. The van der Waals surface area contributed by atoms with Crippen molar-refractivity contribution in [2.75, 3.05) is 13.1 Å². The van der Waals surface area contributed by atoms with Gasteiger partial charge in [0.25, 0.3) is 5.91 Å². The van der Waals surface area contributed by atoms with E-state index in [1.54, 1.807) is 0 Å². The number of carbonyl (C=O) groups excluding carboxylic acids is 3. The van der Waals surface area contributed by atoms with Gasteiger partial charge in [0.15, 0.2) is 0 Å². The molecular formula is C24H29N3O3. The Morgan fingerprint density at radius 3 is 2.23 bits per heavy atom. The van der Waals surface area contributed by atoms with Crippen molar-refractivity contribution in [2.24, 2.45) is 0 Å². The SMILES string of the molecule is CC(=O)NC(Cc1ccc(C)cc1)C(=O)NC1CCN(C(=O)c2ccccc2)CC1. The van der Waals surface area contributed by atoms with E-state index in [2.05, 4.69) is 10.6 Å². The van der Waals surface area contributed by atoms with Gasteiger partial charge < -0.3 is 15.5 Å². The number of carbonyl (C=O) groups is 3. The number of hydrogen-bond donors (Lipinski definition) is 2. The van der Waals surface area contributed by atoms with Crippen molar-refractivity contribution in [3.8, 4) is 0 Å². The number of hydrogen-bond acceptors (Lipinski definition) is 3. The molecule has 0 saturated carbocycles. The monoisotopic (exact) mass is 407 g/mol. The predicted octanol–water partition coefficient (Wildman–Crippen LogP) is 2.46. The van der Waals surface area contributed by atoms with Gasteiger partial charge in [-0.25, -0.2) is 0 Å². The second-order valence-electron chi connectivity index (χ2n) is 7.88. The fraction of sp³-hybridized carbons (Fsp3) is 0.375. The van der Waals surface area contributed by atoms with Crippen LogP contribution in [0, 0.1) is 6.92 Å². The molecule has 0 bridgehead atoms. The van der Waals surface area contributed by atoms with Crippen LogP contribution in [0.15, 0.2) is 54.6 Å². The summed E-state index contributed by atoms with van der Waals surface area (Å²) in [6, 6.07) is 16.6. The van der Waals surface area contributed by atoms with Crippen molar-refractivity contribution in [3.63, 3.8) is 0 Å². The quantitative estimate of drug-likeness (QED) is 0.772. The molecule has 6 heteroatoms. The van der Waals surface area contributed by atoms with Gasteiger partial charge >= 0.3 is 0 Å². The third kappa shape index (κ3) is 5.92. The molecule has 30 heavy (non-hydrogen) atoms. The normalized spacial score (nSPS) is 15.3. The van der Waals surface area contributed by atoms with E-state index in [-0.39, 0.29) is 23.8 Å². The summed E-state index contributed by atoms with van der Waals surface area (Å²) in [5, 5.41) is 5.83. The Kier molecular flexibility index (Phi) is 7.22. The lowest BCUT2D eigenvalue weighted by Gasteiger charge is -2.33. The topological polar surface area (TPSA) is 78.5 Å². The highest BCUT2D eigenvalue weighted by Gasteiger charge is 2.27. The van der Waals surface area contributed by atoms with Gasteiger partial charge in [-0.3, -0.25) is 14.4 Å². The molecule has 2 aromatic carbocycles. The van der Waals surface area contributed by atoms with Crippen molar-refractivity contribution < 1.29 is 14.4 Å². The number of benzene rings is 2. The summed E-state index contributed by atoms with van der Waals surface area (Å²) < 4.78 is 0. The molecule has 0 spiro atoms. The minimum absolute atomic E-state index is 0.00778. The molecule has 2 aromatic rings. The van der Waals surface area contributed by atoms with Crippen LogP contribution >= 0.6 is 0 Å². The first kappa shape index (κ1) is 21.6. The molecule has 1 atom stereocenters. The maximum Gasteiger partial charge on any atom is 0.253 e. The number of piperidine rings is 1. The first-order valence-corrected chi connectivity index (χ1v) is 10.4. The maximum absolute atomic E-state index is 12.8. The summed E-state index contributed by atoms with van der Waals surface area (Å²) >= 11 is 0. The van der Waals surface area contributed by atoms with E-state index < -0.39 is 6.04 Å².